The SMILES string of the molecule is CCCCCOc1ccccc1CNCC(C)O. The van der Waals surface area contributed by atoms with Gasteiger partial charge in [-0.2, -0.15) is 0 Å². The fraction of sp³-hybridized carbons (Fsp3) is 0.600. The van der Waals surface area contributed by atoms with Gasteiger partial charge in [0.1, 0.15) is 5.75 Å². The zero-order chi connectivity index (χ0) is 13.2. The van der Waals surface area contributed by atoms with Gasteiger partial charge < -0.3 is 15.2 Å². The van der Waals surface area contributed by atoms with Crippen LogP contribution in [0.15, 0.2) is 24.3 Å². The number of benzene rings is 1. The lowest BCUT2D eigenvalue weighted by molar-refractivity contribution is 0.190. The van der Waals surface area contributed by atoms with Gasteiger partial charge in [0.25, 0.3) is 0 Å². The fourth-order valence-electron chi connectivity index (χ4n) is 1.74. The Morgan fingerprint density at radius 1 is 1.28 bits per heavy atom. The van der Waals surface area contributed by atoms with Gasteiger partial charge in [0, 0.05) is 18.7 Å². The summed E-state index contributed by atoms with van der Waals surface area (Å²) in [4.78, 5) is 0. The number of ether oxygens (including phenoxy) is 1. The van der Waals surface area contributed by atoms with Gasteiger partial charge in [-0.3, -0.25) is 0 Å². The van der Waals surface area contributed by atoms with Crippen molar-refractivity contribution < 1.29 is 9.84 Å². The number of aliphatic hydroxyl groups is 1. The van der Waals surface area contributed by atoms with Gasteiger partial charge >= 0.3 is 0 Å². The minimum absolute atomic E-state index is 0.317. The molecule has 0 saturated heterocycles. The summed E-state index contributed by atoms with van der Waals surface area (Å²) in [7, 11) is 0. The van der Waals surface area contributed by atoms with Gasteiger partial charge in [0.2, 0.25) is 0 Å². The third-order valence-electron chi connectivity index (χ3n) is 2.73. The number of para-hydroxylation sites is 1. The summed E-state index contributed by atoms with van der Waals surface area (Å²) in [5.74, 6) is 0.951. The smallest absolute Gasteiger partial charge is 0.123 e. The number of hydrogen-bond acceptors (Lipinski definition) is 3. The largest absolute Gasteiger partial charge is 0.493 e. The van der Waals surface area contributed by atoms with Crippen molar-refractivity contribution >= 4 is 0 Å². The number of unbranched alkanes of at least 4 members (excludes halogenated alkanes) is 2. The number of rotatable bonds is 9. The first kappa shape index (κ1) is 15.0. The molecule has 2 N–H and O–H groups in total. The predicted octanol–water partition coefficient (Wildman–Crippen LogP) is 2.73. The van der Waals surface area contributed by atoms with Gasteiger partial charge in [-0.25, -0.2) is 0 Å². The van der Waals surface area contributed by atoms with E-state index in [2.05, 4.69) is 18.3 Å². The second-order valence-electron chi connectivity index (χ2n) is 4.64. The lowest BCUT2D eigenvalue weighted by Crippen LogP contribution is -2.24. The number of aliphatic hydroxyl groups excluding tert-OH is 1. The Morgan fingerprint density at radius 2 is 2.06 bits per heavy atom. The third kappa shape index (κ3) is 6.03. The second-order valence-corrected chi connectivity index (χ2v) is 4.64. The van der Waals surface area contributed by atoms with Crippen LogP contribution in [0.1, 0.15) is 38.7 Å². The van der Waals surface area contributed by atoms with E-state index in [0.717, 1.165) is 30.9 Å². The molecule has 0 saturated carbocycles. The molecule has 0 aromatic heterocycles. The Bertz CT molecular complexity index is 326. The molecule has 1 aromatic rings. The number of hydrogen-bond donors (Lipinski definition) is 2. The first-order chi connectivity index (χ1) is 8.74. The Hall–Kier alpha value is -1.06. The van der Waals surface area contributed by atoms with E-state index in [1.165, 1.54) is 12.8 Å². The van der Waals surface area contributed by atoms with Crippen molar-refractivity contribution in [1.82, 2.24) is 5.32 Å². The van der Waals surface area contributed by atoms with Gasteiger partial charge in [-0.05, 0) is 19.4 Å². The summed E-state index contributed by atoms with van der Waals surface area (Å²) < 4.78 is 5.79. The van der Waals surface area contributed by atoms with E-state index >= 15 is 0 Å². The summed E-state index contributed by atoms with van der Waals surface area (Å²) >= 11 is 0. The fourth-order valence-corrected chi connectivity index (χ4v) is 1.74. The maximum absolute atomic E-state index is 9.21. The minimum atomic E-state index is -0.317. The van der Waals surface area contributed by atoms with E-state index < -0.39 is 0 Å². The molecular formula is C15H25NO2. The average Bonchev–Trinajstić information content (AvgIpc) is 2.36. The van der Waals surface area contributed by atoms with Crippen LogP contribution in [-0.4, -0.2) is 24.4 Å². The van der Waals surface area contributed by atoms with Crippen LogP contribution in [0.4, 0.5) is 0 Å². The van der Waals surface area contributed by atoms with Crippen LogP contribution in [0.5, 0.6) is 5.75 Å². The van der Waals surface area contributed by atoms with Crippen molar-refractivity contribution in [2.24, 2.45) is 0 Å². The van der Waals surface area contributed by atoms with E-state index in [-0.39, 0.29) is 6.10 Å². The van der Waals surface area contributed by atoms with E-state index in [0.29, 0.717) is 6.54 Å². The van der Waals surface area contributed by atoms with Crippen LogP contribution in [0, 0.1) is 0 Å². The van der Waals surface area contributed by atoms with Crippen LogP contribution in [0.3, 0.4) is 0 Å². The maximum Gasteiger partial charge on any atom is 0.123 e. The molecule has 3 nitrogen and oxygen atoms in total. The summed E-state index contributed by atoms with van der Waals surface area (Å²) in [6.45, 7) is 6.08. The van der Waals surface area contributed by atoms with Crippen LogP contribution in [-0.2, 0) is 6.54 Å². The highest BCUT2D eigenvalue weighted by Crippen LogP contribution is 2.18. The molecule has 0 fully saturated rings. The minimum Gasteiger partial charge on any atom is -0.493 e. The highest BCUT2D eigenvalue weighted by Gasteiger charge is 2.03. The van der Waals surface area contributed by atoms with Gasteiger partial charge in [0.15, 0.2) is 0 Å². The predicted molar refractivity (Wildman–Crippen MR) is 74.8 cm³/mol. The molecule has 1 unspecified atom stereocenters. The summed E-state index contributed by atoms with van der Waals surface area (Å²) in [5.41, 5.74) is 1.15. The normalized spacial score (nSPS) is 12.4. The Balaban J connectivity index is 2.40. The molecule has 3 heteroatoms. The molecule has 1 atom stereocenters. The monoisotopic (exact) mass is 251 g/mol. The van der Waals surface area contributed by atoms with Crippen molar-refractivity contribution in [3.8, 4) is 5.75 Å². The van der Waals surface area contributed by atoms with Crippen molar-refractivity contribution in [1.29, 1.82) is 0 Å². The summed E-state index contributed by atoms with van der Waals surface area (Å²) in [5, 5.41) is 12.4. The molecule has 0 radical (unpaired) electrons. The van der Waals surface area contributed by atoms with Gasteiger partial charge in [-0.1, -0.05) is 38.0 Å². The summed E-state index contributed by atoms with van der Waals surface area (Å²) in [6.07, 6.45) is 3.21. The van der Waals surface area contributed by atoms with Crippen molar-refractivity contribution in [2.75, 3.05) is 13.2 Å². The maximum atomic E-state index is 9.21. The first-order valence-electron chi connectivity index (χ1n) is 6.83. The quantitative estimate of drug-likeness (QED) is 0.663. The lowest BCUT2D eigenvalue weighted by atomic mass is 10.2. The molecule has 0 aliphatic rings. The van der Waals surface area contributed by atoms with Crippen LogP contribution >= 0.6 is 0 Å². The number of nitrogens with one attached hydrogen (secondary N) is 1. The second kappa shape index (κ2) is 8.95. The topological polar surface area (TPSA) is 41.5 Å². The van der Waals surface area contributed by atoms with Crippen LogP contribution < -0.4 is 10.1 Å². The molecule has 0 spiro atoms. The highest BCUT2D eigenvalue weighted by molar-refractivity contribution is 5.33. The van der Waals surface area contributed by atoms with E-state index in [1.54, 1.807) is 6.92 Å². The zero-order valence-electron chi connectivity index (χ0n) is 11.5. The highest BCUT2D eigenvalue weighted by atomic mass is 16.5. The molecule has 1 aromatic carbocycles. The van der Waals surface area contributed by atoms with Crippen molar-refractivity contribution in [3.63, 3.8) is 0 Å². The molecule has 1 rings (SSSR count). The molecule has 0 bridgehead atoms. The van der Waals surface area contributed by atoms with Gasteiger partial charge in [-0.15, -0.1) is 0 Å². The van der Waals surface area contributed by atoms with E-state index in [9.17, 15) is 5.11 Å². The standard InChI is InChI=1S/C15H25NO2/c1-3-4-7-10-18-15-9-6-5-8-14(15)12-16-11-13(2)17/h5-6,8-9,13,16-17H,3-4,7,10-12H2,1-2H3. The molecule has 0 heterocycles. The molecular weight excluding hydrogens is 226 g/mol. The lowest BCUT2D eigenvalue weighted by Gasteiger charge is -2.12. The third-order valence-corrected chi connectivity index (χ3v) is 2.73. The molecule has 0 aliphatic carbocycles. The molecule has 0 aliphatic heterocycles. The Labute approximate surface area is 110 Å². The first-order valence-corrected chi connectivity index (χ1v) is 6.83. The van der Waals surface area contributed by atoms with Gasteiger partial charge in [0.05, 0.1) is 12.7 Å². The van der Waals surface area contributed by atoms with E-state index in [1.807, 2.05) is 18.2 Å². The molecule has 102 valence electrons. The zero-order valence-corrected chi connectivity index (χ0v) is 11.5. The Kier molecular flexibility index (Phi) is 7.46. The molecule has 0 amide bonds. The Morgan fingerprint density at radius 3 is 2.78 bits per heavy atom. The molecule has 18 heavy (non-hydrogen) atoms. The van der Waals surface area contributed by atoms with Crippen LogP contribution in [0.2, 0.25) is 0 Å². The van der Waals surface area contributed by atoms with Crippen molar-refractivity contribution in [3.05, 3.63) is 29.8 Å². The average molecular weight is 251 g/mol. The summed E-state index contributed by atoms with van der Waals surface area (Å²) in [6, 6.07) is 8.07. The van der Waals surface area contributed by atoms with E-state index in [4.69, 9.17) is 4.74 Å². The van der Waals surface area contributed by atoms with Crippen LogP contribution in [0.25, 0.3) is 0 Å². The van der Waals surface area contributed by atoms with Crippen molar-refractivity contribution in [2.45, 2.75) is 45.8 Å².